The number of nitrogens with one attached hydrogen (secondary N) is 2. The molecule has 0 aliphatic carbocycles. The van der Waals surface area contributed by atoms with Crippen molar-refractivity contribution in [3.8, 4) is 0 Å². The number of amides is 2. The van der Waals surface area contributed by atoms with E-state index in [-0.39, 0.29) is 11.5 Å². The van der Waals surface area contributed by atoms with Crippen molar-refractivity contribution in [3.05, 3.63) is 94.0 Å². The second-order valence-corrected chi connectivity index (χ2v) is 6.78. The van der Waals surface area contributed by atoms with E-state index < -0.39 is 11.8 Å². The van der Waals surface area contributed by atoms with Gasteiger partial charge in [-0.15, -0.1) is 0 Å². The highest BCUT2D eigenvalue weighted by atomic mass is 79.9. The molecular weight excluding hydrogens is 408 g/mol. The van der Waals surface area contributed by atoms with E-state index in [1.807, 2.05) is 43.3 Å². The van der Waals surface area contributed by atoms with Gasteiger partial charge in [-0.05, 0) is 55.0 Å². The number of aryl methyl sites for hydroxylation is 1. The summed E-state index contributed by atoms with van der Waals surface area (Å²) in [5.74, 6) is -0.802. The first-order valence-electron chi connectivity index (χ1n) is 8.21. The zero-order valence-electron chi connectivity index (χ0n) is 14.5. The van der Waals surface area contributed by atoms with Crippen LogP contribution in [0.25, 0.3) is 6.08 Å². The number of halogens is 1. The Morgan fingerprint density at radius 2 is 1.70 bits per heavy atom. The van der Waals surface area contributed by atoms with Crippen LogP contribution in [0, 0.1) is 6.92 Å². The third-order valence-electron chi connectivity index (χ3n) is 3.73. The molecule has 2 amide bonds. The summed E-state index contributed by atoms with van der Waals surface area (Å²) in [6.45, 7) is 1.97. The summed E-state index contributed by atoms with van der Waals surface area (Å²) in [7, 11) is 0. The van der Waals surface area contributed by atoms with Crippen LogP contribution in [0.5, 0.6) is 0 Å². The van der Waals surface area contributed by atoms with E-state index >= 15 is 0 Å². The second-order valence-electron chi connectivity index (χ2n) is 5.86. The average molecular weight is 425 g/mol. The van der Waals surface area contributed by atoms with Crippen LogP contribution < -0.4 is 10.6 Å². The van der Waals surface area contributed by atoms with E-state index in [1.165, 1.54) is 12.3 Å². The number of carbonyl (C=O) groups excluding carboxylic acids is 2. The zero-order valence-corrected chi connectivity index (χ0v) is 16.1. The Bertz CT molecular complexity index is 960. The monoisotopic (exact) mass is 424 g/mol. The highest BCUT2D eigenvalue weighted by molar-refractivity contribution is 9.10. The molecule has 0 unspecified atom stereocenters. The number of furan rings is 1. The SMILES string of the molecule is Cc1ccc(NC(=O)/C(=C/c2ccc(Br)cc2)NC(=O)c2ccco2)cc1. The largest absolute Gasteiger partial charge is 0.459 e. The molecule has 27 heavy (non-hydrogen) atoms. The summed E-state index contributed by atoms with van der Waals surface area (Å²) >= 11 is 3.37. The van der Waals surface area contributed by atoms with Crippen molar-refractivity contribution in [3.63, 3.8) is 0 Å². The molecule has 1 aromatic heterocycles. The molecule has 0 radical (unpaired) electrons. The first kappa shape index (κ1) is 18.7. The van der Waals surface area contributed by atoms with Crippen molar-refractivity contribution >= 4 is 39.5 Å². The lowest BCUT2D eigenvalue weighted by molar-refractivity contribution is -0.113. The highest BCUT2D eigenvalue weighted by Crippen LogP contribution is 2.15. The third-order valence-corrected chi connectivity index (χ3v) is 4.26. The molecule has 1 heterocycles. The number of rotatable bonds is 5. The summed E-state index contributed by atoms with van der Waals surface area (Å²) < 4.78 is 6.02. The van der Waals surface area contributed by atoms with E-state index in [1.54, 1.807) is 24.3 Å². The Balaban J connectivity index is 1.85. The quantitative estimate of drug-likeness (QED) is 0.579. The molecule has 0 atom stereocenters. The van der Waals surface area contributed by atoms with Crippen LogP contribution in [-0.4, -0.2) is 11.8 Å². The van der Waals surface area contributed by atoms with Gasteiger partial charge in [0.1, 0.15) is 5.70 Å². The molecule has 6 heteroatoms. The zero-order chi connectivity index (χ0) is 19.2. The average Bonchev–Trinajstić information content (AvgIpc) is 3.19. The van der Waals surface area contributed by atoms with Crippen molar-refractivity contribution in [1.29, 1.82) is 0 Å². The molecular formula is C21H17BrN2O3. The fraction of sp³-hybridized carbons (Fsp3) is 0.0476. The number of hydrogen-bond acceptors (Lipinski definition) is 3. The lowest BCUT2D eigenvalue weighted by Crippen LogP contribution is -2.30. The van der Waals surface area contributed by atoms with Gasteiger partial charge in [-0.25, -0.2) is 0 Å². The summed E-state index contributed by atoms with van der Waals surface area (Å²) in [6.07, 6.45) is 3.01. The predicted octanol–water partition coefficient (Wildman–Crippen LogP) is 4.76. The minimum absolute atomic E-state index is 0.110. The maximum atomic E-state index is 12.7. The Hall–Kier alpha value is -3.12. The Kier molecular flexibility index (Phi) is 5.88. The van der Waals surface area contributed by atoms with E-state index in [0.717, 1.165) is 15.6 Å². The molecule has 0 bridgehead atoms. The molecule has 0 fully saturated rings. The minimum Gasteiger partial charge on any atom is -0.459 e. The lowest BCUT2D eigenvalue weighted by atomic mass is 10.1. The number of anilines is 1. The molecule has 0 saturated carbocycles. The summed E-state index contributed by atoms with van der Waals surface area (Å²) in [6, 6.07) is 17.9. The van der Waals surface area contributed by atoms with Gasteiger partial charge in [0.2, 0.25) is 0 Å². The molecule has 0 aliphatic heterocycles. The Labute approximate surface area is 165 Å². The fourth-order valence-corrected chi connectivity index (χ4v) is 2.58. The van der Waals surface area contributed by atoms with Crippen LogP contribution in [0.4, 0.5) is 5.69 Å². The number of carbonyl (C=O) groups is 2. The number of hydrogen-bond donors (Lipinski definition) is 2. The van der Waals surface area contributed by atoms with Gasteiger partial charge in [-0.3, -0.25) is 9.59 Å². The van der Waals surface area contributed by atoms with Gasteiger partial charge in [0.05, 0.1) is 6.26 Å². The van der Waals surface area contributed by atoms with E-state index in [0.29, 0.717) is 5.69 Å². The van der Waals surface area contributed by atoms with Crippen molar-refractivity contribution in [2.24, 2.45) is 0 Å². The van der Waals surface area contributed by atoms with Crippen molar-refractivity contribution in [2.75, 3.05) is 5.32 Å². The molecule has 0 aliphatic rings. The van der Waals surface area contributed by atoms with Crippen LogP contribution in [-0.2, 0) is 4.79 Å². The topological polar surface area (TPSA) is 71.3 Å². The third kappa shape index (κ3) is 5.18. The Morgan fingerprint density at radius 3 is 2.33 bits per heavy atom. The van der Waals surface area contributed by atoms with Crippen molar-refractivity contribution < 1.29 is 14.0 Å². The second kappa shape index (κ2) is 8.51. The molecule has 136 valence electrons. The summed E-state index contributed by atoms with van der Waals surface area (Å²) in [5.41, 5.74) is 2.61. The van der Waals surface area contributed by atoms with Gasteiger partial charge in [-0.2, -0.15) is 0 Å². The van der Waals surface area contributed by atoms with Crippen LogP contribution in [0.2, 0.25) is 0 Å². The van der Waals surface area contributed by atoms with E-state index in [9.17, 15) is 9.59 Å². The molecule has 2 N–H and O–H groups in total. The molecule has 3 aromatic rings. The van der Waals surface area contributed by atoms with Gasteiger partial charge in [0.15, 0.2) is 5.76 Å². The van der Waals surface area contributed by atoms with Crippen LogP contribution >= 0.6 is 15.9 Å². The maximum Gasteiger partial charge on any atom is 0.291 e. The minimum atomic E-state index is -0.498. The smallest absolute Gasteiger partial charge is 0.291 e. The molecule has 2 aromatic carbocycles. The normalized spacial score (nSPS) is 11.1. The molecule has 0 spiro atoms. The van der Waals surface area contributed by atoms with Gasteiger partial charge in [0, 0.05) is 10.2 Å². The number of benzene rings is 2. The van der Waals surface area contributed by atoms with Gasteiger partial charge in [0.25, 0.3) is 11.8 Å². The van der Waals surface area contributed by atoms with Crippen LogP contribution in [0.1, 0.15) is 21.7 Å². The van der Waals surface area contributed by atoms with Gasteiger partial charge in [-0.1, -0.05) is 45.8 Å². The van der Waals surface area contributed by atoms with Crippen molar-refractivity contribution in [2.45, 2.75) is 6.92 Å². The lowest BCUT2D eigenvalue weighted by Gasteiger charge is -2.11. The molecule has 3 rings (SSSR count). The van der Waals surface area contributed by atoms with E-state index in [4.69, 9.17) is 4.42 Å². The van der Waals surface area contributed by atoms with Gasteiger partial charge < -0.3 is 15.1 Å². The van der Waals surface area contributed by atoms with Crippen molar-refractivity contribution in [1.82, 2.24) is 5.32 Å². The van der Waals surface area contributed by atoms with Crippen LogP contribution in [0.3, 0.4) is 0 Å². The first-order valence-corrected chi connectivity index (χ1v) is 9.01. The van der Waals surface area contributed by atoms with Crippen LogP contribution in [0.15, 0.2) is 81.5 Å². The molecule has 0 saturated heterocycles. The summed E-state index contributed by atoms with van der Waals surface area (Å²) in [4.78, 5) is 25.1. The standard InChI is InChI=1S/C21H17BrN2O3/c1-14-4-10-17(11-5-14)23-20(25)18(13-15-6-8-16(22)9-7-15)24-21(26)19-3-2-12-27-19/h2-13H,1H3,(H,23,25)(H,24,26)/b18-13-. The maximum absolute atomic E-state index is 12.7. The fourth-order valence-electron chi connectivity index (χ4n) is 2.31. The first-order chi connectivity index (χ1) is 13.0. The Morgan fingerprint density at radius 1 is 1.00 bits per heavy atom. The molecule has 5 nitrogen and oxygen atoms in total. The predicted molar refractivity (Wildman–Crippen MR) is 108 cm³/mol. The van der Waals surface area contributed by atoms with Gasteiger partial charge >= 0.3 is 0 Å². The highest BCUT2D eigenvalue weighted by Gasteiger charge is 2.16. The summed E-state index contributed by atoms with van der Waals surface area (Å²) in [5, 5.41) is 5.41. The van der Waals surface area contributed by atoms with E-state index in [2.05, 4.69) is 26.6 Å².